The molecule has 2 aromatic heterocycles. The van der Waals surface area contributed by atoms with Gasteiger partial charge in [0.25, 0.3) is 0 Å². The Hall–Kier alpha value is -3.95. The molecule has 0 saturated carbocycles. The fourth-order valence-electron chi connectivity index (χ4n) is 5.89. The monoisotopic (exact) mass is 510 g/mol. The molecular weight excluding hydrogens is 480 g/mol. The smallest absolute Gasteiger partial charge is 0.0704 e. The molecular formula is C35H30N2S. The molecule has 6 aromatic rings. The van der Waals surface area contributed by atoms with Gasteiger partial charge in [-0.15, -0.1) is 11.3 Å². The largest absolute Gasteiger partial charge is 0.354 e. The van der Waals surface area contributed by atoms with Gasteiger partial charge in [0, 0.05) is 54.4 Å². The van der Waals surface area contributed by atoms with E-state index in [1.165, 1.54) is 53.6 Å². The number of hydrogen-bond acceptors (Lipinski definition) is 3. The van der Waals surface area contributed by atoms with E-state index >= 15 is 0 Å². The predicted molar refractivity (Wildman–Crippen MR) is 165 cm³/mol. The topological polar surface area (TPSA) is 24.9 Å². The van der Waals surface area contributed by atoms with E-state index in [4.69, 9.17) is 4.98 Å². The normalized spacial score (nSPS) is 12.5. The minimum Gasteiger partial charge on any atom is -0.354 e. The van der Waals surface area contributed by atoms with Gasteiger partial charge >= 0.3 is 0 Å². The van der Waals surface area contributed by atoms with Crippen LogP contribution in [0.4, 0.5) is 11.4 Å². The molecule has 1 aliphatic heterocycles. The first-order valence-corrected chi connectivity index (χ1v) is 14.1. The number of anilines is 2. The zero-order chi connectivity index (χ0) is 26.0. The molecule has 2 bridgehead atoms. The van der Waals surface area contributed by atoms with Gasteiger partial charge in [-0.25, -0.2) is 0 Å². The van der Waals surface area contributed by atoms with Crippen molar-refractivity contribution in [3.63, 3.8) is 0 Å². The molecule has 1 N–H and O–H groups in total. The van der Waals surface area contributed by atoms with Crippen LogP contribution in [0.1, 0.15) is 31.9 Å². The molecule has 0 saturated heterocycles. The minimum atomic E-state index is 0.235. The first kappa shape index (κ1) is 23.2. The van der Waals surface area contributed by atoms with Crippen molar-refractivity contribution in [2.45, 2.75) is 34.1 Å². The van der Waals surface area contributed by atoms with E-state index in [0.29, 0.717) is 0 Å². The second-order valence-electron chi connectivity index (χ2n) is 11.6. The Morgan fingerprint density at radius 2 is 1.58 bits per heavy atom. The van der Waals surface area contributed by atoms with Crippen LogP contribution in [0.2, 0.25) is 0 Å². The molecule has 186 valence electrons. The summed E-state index contributed by atoms with van der Waals surface area (Å²) in [4.78, 5) is 4.76. The Morgan fingerprint density at radius 1 is 0.763 bits per heavy atom. The van der Waals surface area contributed by atoms with E-state index in [1.54, 1.807) is 0 Å². The average molecular weight is 511 g/mol. The third-order valence-corrected chi connectivity index (χ3v) is 8.79. The Labute approximate surface area is 228 Å². The van der Waals surface area contributed by atoms with Crippen molar-refractivity contribution in [3.8, 4) is 33.5 Å². The summed E-state index contributed by atoms with van der Waals surface area (Å²) >= 11 is 1.89. The van der Waals surface area contributed by atoms with Gasteiger partial charge in [-0.05, 0) is 77.4 Å². The number of fused-ring (bicyclic) bond motifs is 10. The Bertz CT molecular complexity index is 1870. The van der Waals surface area contributed by atoms with E-state index in [2.05, 4.69) is 118 Å². The lowest BCUT2D eigenvalue weighted by Gasteiger charge is -2.24. The molecule has 0 atom stereocenters. The highest BCUT2D eigenvalue weighted by molar-refractivity contribution is 7.26. The summed E-state index contributed by atoms with van der Waals surface area (Å²) in [6.07, 6.45) is 2.98. The standard InChI is InChI=1S/C35H30N2S/c1-21-24-9-7-10-25(21)33-30(15-13-27-26-8-5-6-11-32(26)38-34(27)33)37-29-14-12-23(19-28(24)29)31-18-22(16-17-36-31)20-35(2,3)4/h5-19,37H,20H2,1-4H3. The highest BCUT2D eigenvalue weighted by atomic mass is 32.1. The number of nitrogens with one attached hydrogen (secondary N) is 1. The molecule has 0 amide bonds. The molecule has 3 heterocycles. The maximum atomic E-state index is 4.76. The van der Waals surface area contributed by atoms with Crippen LogP contribution >= 0.6 is 11.3 Å². The molecule has 0 spiro atoms. The highest BCUT2D eigenvalue weighted by Crippen LogP contribution is 2.49. The lowest BCUT2D eigenvalue weighted by atomic mass is 9.87. The van der Waals surface area contributed by atoms with Crippen LogP contribution in [-0.4, -0.2) is 4.98 Å². The molecule has 38 heavy (non-hydrogen) atoms. The van der Waals surface area contributed by atoms with Crippen LogP contribution in [0, 0.1) is 12.3 Å². The first-order chi connectivity index (χ1) is 18.4. The molecule has 0 aliphatic carbocycles. The van der Waals surface area contributed by atoms with Crippen molar-refractivity contribution >= 4 is 42.9 Å². The number of hydrogen-bond donors (Lipinski definition) is 1. The SMILES string of the molecule is Cc1c2cccc1-c1c(ccc3c1sc1ccccc13)Nc1ccc(-c3cc(CC(C)(C)C)ccn3)cc1-2. The zero-order valence-corrected chi connectivity index (χ0v) is 23.0. The van der Waals surface area contributed by atoms with Crippen LogP contribution < -0.4 is 5.32 Å². The fraction of sp³-hybridized carbons (Fsp3) is 0.171. The van der Waals surface area contributed by atoms with Crippen molar-refractivity contribution in [3.05, 3.63) is 102 Å². The number of aromatic nitrogens is 1. The predicted octanol–water partition coefficient (Wildman–Crippen LogP) is 10.4. The number of pyridine rings is 1. The summed E-state index contributed by atoms with van der Waals surface area (Å²) in [5.74, 6) is 0. The van der Waals surface area contributed by atoms with Gasteiger partial charge in [0.15, 0.2) is 0 Å². The van der Waals surface area contributed by atoms with Crippen LogP contribution in [-0.2, 0) is 6.42 Å². The van der Waals surface area contributed by atoms with Crippen LogP contribution in [0.15, 0.2) is 91.1 Å². The summed E-state index contributed by atoms with van der Waals surface area (Å²) in [5.41, 5.74) is 12.4. The summed E-state index contributed by atoms with van der Waals surface area (Å²) in [7, 11) is 0. The Kier molecular flexibility index (Phi) is 5.21. The van der Waals surface area contributed by atoms with E-state index in [9.17, 15) is 0 Å². The molecule has 4 aromatic carbocycles. The van der Waals surface area contributed by atoms with Gasteiger partial charge < -0.3 is 5.32 Å². The third-order valence-electron chi connectivity index (χ3n) is 7.58. The van der Waals surface area contributed by atoms with E-state index < -0.39 is 0 Å². The van der Waals surface area contributed by atoms with Crippen LogP contribution in [0.3, 0.4) is 0 Å². The molecule has 7 rings (SSSR count). The molecule has 3 heteroatoms. The first-order valence-electron chi connectivity index (χ1n) is 13.3. The van der Waals surface area contributed by atoms with E-state index in [1.807, 2.05) is 17.5 Å². The lowest BCUT2D eigenvalue weighted by molar-refractivity contribution is 0.411. The van der Waals surface area contributed by atoms with Crippen molar-refractivity contribution < 1.29 is 0 Å². The van der Waals surface area contributed by atoms with E-state index in [0.717, 1.165) is 29.1 Å². The number of benzene rings is 4. The summed E-state index contributed by atoms with van der Waals surface area (Å²) in [6.45, 7) is 9.11. The maximum Gasteiger partial charge on any atom is 0.0704 e. The van der Waals surface area contributed by atoms with Gasteiger partial charge in [0.1, 0.15) is 0 Å². The average Bonchev–Trinajstić information content (AvgIpc) is 3.27. The summed E-state index contributed by atoms with van der Waals surface area (Å²) in [6, 6.07) is 31.1. The van der Waals surface area contributed by atoms with Gasteiger partial charge in [-0.1, -0.05) is 69.3 Å². The molecule has 0 fully saturated rings. The number of nitrogens with zero attached hydrogens (tertiary/aromatic N) is 1. The van der Waals surface area contributed by atoms with Crippen molar-refractivity contribution in [2.75, 3.05) is 5.32 Å². The van der Waals surface area contributed by atoms with Gasteiger partial charge in [0.2, 0.25) is 0 Å². The summed E-state index contributed by atoms with van der Waals surface area (Å²) in [5, 5.41) is 6.49. The highest BCUT2D eigenvalue weighted by Gasteiger charge is 2.22. The molecule has 0 radical (unpaired) electrons. The molecule has 2 nitrogen and oxygen atoms in total. The number of thiophene rings is 1. The van der Waals surface area contributed by atoms with Crippen molar-refractivity contribution in [1.82, 2.24) is 4.98 Å². The Balaban J connectivity index is 1.41. The van der Waals surface area contributed by atoms with Crippen LogP contribution in [0.5, 0.6) is 0 Å². The zero-order valence-electron chi connectivity index (χ0n) is 22.2. The van der Waals surface area contributed by atoms with Crippen molar-refractivity contribution in [1.29, 1.82) is 0 Å². The lowest BCUT2D eigenvalue weighted by Crippen LogP contribution is -2.09. The van der Waals surface area contributed by atoms with Crippen molar-refractivity contribution in [2.24, 2.45) is 5.41 Å². The van der Waals surface area contributed by atoms with Crippen LogP contribution in [0.25, 0.3) is 53.7 Å². The third kappa shape index (κ3) is 3.81. The second kappa shape index (κ2) is 8.54. The minimum absolute atomic E-state index is 0.235. The van der Waals surface area contributed by atoms with Gasteiger partial charge in [-0.3, -0.25) is 4.98 Å². The molecule has 0 unspecified atom stereocenters. The Morgan fingerprint density at radius 3 is 2.45 bits per heavy atom. The van der Waals surface area contributed by atoms with Gasteiger partial charge in [0.05, 0.1) is 5.69 Å². The maximum absolute atomic E-state index is 4.76. The number of rotatable bonds is 2. The molecule has 1 aliphatic rings. The summed E-state index contributed by atoms with van der Waals surface area (Å²) < 4.78 is 2.68. The second-order valence-corrected chi connectivity index (χ2v) is 12.7. The quantitative estimate of drug-likeness (QED) is 0.250. The van der Waals surface area contributed by atoms with E-state index in [-0.39, 0.29) is 5.41 Å². The fourth-order valence-corrected chi connectivity index (χ4v) is 7.16. The van der Waals surface area contributed by atoms with Gasteiger partial charge in [-0.2, -0.15) is 0 Å².